The zero-order valence-electron chi connectivity index (χ0n) is 11.2. The Morgan fingerprint density at radius 2 is 2.11 bits per heavy atom. The fourth-order valence-corrected chi connectivity index (χ4v) is 3.42. The Labute approximate surface area is 118 Å². The van der Waals surface area contributed by atoms with Crippen LogP contribution in [0.2, 0.25) is 0 Å². The quantitative estimate of drug-likeness (QED) is 0.729. The van der Waals surface area contributed by atoms with Crippen molar-refractivity contribution in [3.05, 3.63) is 57.3 Å². The molecule has 98 valence electrons. The van der Waals surface area contributed by atoms with Gasteiger partial charge in [-0.1, -0.05) is 31.5 Å². The molecule has 0 saturated heterocycles. The SMILES string of the molecule is CCc1ccc(C(=O)c2cccc(C3CCC3)c2)s1. The zero-order valence-corrected chi connectivity index (χ0v) is 12.0. The molecule has 0 bridgehead atoms. The first-order valence-corrected chi connectivity index (χ1v) is 7.83. The second-order valence-corrected chi connectivity index (χ2v) is 6.37. The van der Waals surface area contributed by atoms with E-state index in [0.29, 0.717) is 5.92 Å². The van der Waals surface area contributed by atoms with E-state index in [1.807, 2.05) is 18.2 Å². The molecule has 2 heteroatoms. The van der Waals surface area contributed by atoms with Crippen LogP contribution in [0, 0.1) is 0 Å². The van der Waals surface area contributed by atoms with Crippen LogP contribution in [-0.4, -0.2) is 5.78 Å². The molecule has 0 N–H and O–H groups in total. The lowest BCUT2D eigenvalue weighted by Crippen LogP contribution is -2.09. The van der Waals surface area contributed by atoms with Crippen LogP contribution in [-0.2, 0) is 6.42 Å². The summed E-state index contributed by atoms with van der Waals surface area (Å²) in [6, 6.07) is 12.2. The lowest BCUT2D eigenvalue weighted by Gasteiger charge is -2.26. The first-order chi connectivity index (χ1) is 9.28. The molecule has 1 saturated carbocycles. The van der Waals surface area contributed by atoms with E-state index in [1.165, 1.54) is 29.7 Å². The van der Waals surface area contributed by atoms with Crippen molar-refractivity contribution in [3.63, 3.8) is 0 Å². The van der Waals surface area contributed by atoms with Crippen molar-refractivity contribution in [2.45, 2.75) is 38.5 Å². The summed E-state index contributed by atoms with van der Waals surface area (Å²) < 4.78 is 0. The maximum atomic E-state index is 12.5. The highest BCUT2D eigenvalue weighted by molar-refractivity contribution is 7.14. The zero-order chi connectivity index (χ0) is 13.2. The molecule has 0 spiro atoms. The number of carbonyl (C=O) groups is 1. The van der Waals surface area contributed by atoms with Gasteiger partial charge in [-0.2, -0.15) is 0 Å². The van der Waals surface area contributed by atoms with Crippen LogP contribution in [0.5, 0.6) is 0 Å². The number of benzene rings is 1. The standard InChI is InChI=1S/C17H18OS/c1-2-15-9-10-16(19-15)17(18)14-8-4-7-13(11-14)12-5-3-6-12/h4,7-12H,2-3,5-6H2,1H3. The van der Waals surface area contributed by atoms with Gasteiger partial charge in [0.15, 0.2) is 0 Å². The van der Waals surface area contributed by atoms with E-state index >= 15 is 0 Å². The van der Waals surface area contributed by atoms with Crippen LogP contribution in [0.3, 0.4) is 0 Å². The molecular weight excluding hydrogens is 252 g/mol. The topological polar surface area (TPSA) is 17.1 Å². The number of hydrogen-bond donors (Lipinski definition) is 0. The minimum atomic E-state index is 0.172. The molecule has 1 fully saturated rings. The van der Waals surface area contributed by atoms with Crippen LogP contribution in [0.25, 0.3) is 0 Å². The average Bonchev–Trinajstić information content (AvgIpc) is 2.85. The molecule has 1 aliphatic carbocycles. The number of rotatable bonds is 4. The molecule has 0 aliphatic heterocycles. The Bertz CT molecular complexity index is 593. The minimum Gasteiger partial charge on any atom is -0.288 e. The highest BCUT2D eigenvalue weighted by Gasteiger charge is 2.20. The molecule has 3 rings (SSSR count). The number of carbonyl (C=O) groups excluding carboxylic acids is 1. The Morgan fingerprint density at radius 1 is 1.26 bits per heavy atom. The maximum Gasteiger partial charge on any atom is 0.202 e. The van der Waals surface area contributed by atoms with Gasteiger partial charge < -0.3 is 0 Å². The summed E-state index contributed by atoms with van der Waals surface area (Å²) in [5.74, 6) is 0.855. The number of ketones is 1. The molecule has 0 atom stereocenters. The summed E-state index contributed by atoms with van der Waals surface area (Å²) in [6.07, 6.45) is 4.88. The molecule has 2 aromatic rings. The van der Waals surface area contributed by atoms with E-state index in [-0.39, 0.29) is 5.78 Å². The summed E-state index contributed by atoms with van der Waals surface area (Å²) in [7, 11) is 0. The second-order valence-electron chi connectivity index (χ2n) is 5.20. The largest absolute Gasteiger partial charge is 0.288 e. The van der Waals surface area contributed by atoms with E-state index in [0.717, 1.165) is 16.9 Å². The highest BCUT2D eigenvalue weighted by Crippen LogP contribution is 2.36. The van der Waals surface area contributed by atoms with Gasteiger partial charge in [0.25, 0.3) is 0 Å². The highest BCUT2D eigenvalue weighted by atomic mass is 32.1. The lowest BCUT2D eigenvalue weighted by molar-refractivity contribution is 0.104. The molecule has 1 aromatic carbocycles. The minimum absolute atomic E-state index is 0.172. The predicted molar refractivity (Wildman–Crippen MR) is 80.2 cm³/mol. The monoisotopic (exact) mass is 270 g/mol. The Kier molecular flexibility index (Phi) is 3.52. The summed E-state index contributed by atoms with van der Waals surface area (Å²) >= 11 is 1.62. The van der Waals surface area contributed by atoms with Gasteiger partial charge in [-0.3, -0.25) is 4.79 Å². The Balaban J connectivity index is 1.86. The van der Waals surface area contributed by atoms with Crippen LogP contribution in [0.4, 0.5) is 0 Å². The van der Waals surface area contributed by atoms with Gasteiger partial charge in [0, 0.05) is 10.4 Å². The molecule has 1 heterocycles. The maximum absolute atomic E-state index is 12.5. The second kappa shape index (κ2) is 5.30. The predicted octanol–water partition coefficient (Wildman–Crippen LogP) is 4.81. The third-order valence-electron chi connectivity index (χ3n) is 3.96. The lowest BCUT2D eigenvalue weighted by atomic mass is 9.79. The number of hydrogen-bond acceptors (Lipinski definition) is 2. The van der Waals surface area contributed by atoms with Gasteiger partial charge in [0.2, 0.25) is 5.78 Å². The first kappa shape index (κ1) is 12.6. The number of aryl methyl sites for hydroxylation is 1. The van der Waals surface area contributed by atoms with Crippen LogP contribution >= 0.6 is 11.3 Å². The van der Waals surface area contributed by atoms with E-state index < -0.39 is 0 Å². The molecule has 0 amide bonds. The molecule has 0 radical (unpaired) electrons. The Hall–Kier alpha value is -1.41. The van der Waals surface area contributed by atoms with Gasteiger partial charge in [0.05, 0.1) is 4.88 Å². The normalized spacial score (nSPS) is 15.2. The van der Waals surface area contributed by atoms with Crippen molar-refractivity contribution in [2.75, 3.05) is 0 Å². The molecular formula is C17H18OS. The fourth-order valence-electron chi connectivity index (χ4n) is 2.51. The van der Waals surface area contributed by atoms with Crippen molar-refractivity contribution >= 4 is 17.1 Å². The third kappa shape index (κ3) is 2.50. The van der Waals surface area contributed by atoms with Crippen molar-refractivity contribution < 1.29 is 4.79 Å². The van der Waals surface area contributed by atoms with Crippen molar-refractivity contribution in [1.82, 2.24) is 0 Å². The molecule has 0 unspecified atom stereocenters. The Morgan fingerprint density at radius 3 is 2.74 bits per heavy atom. The molecule has 1 nitrogen and oxygen atoms in total. The van der Waals surface area contributed by atoms with Gasteiger partial charge in [-0.15, -0.1) is 11.3 Å². The van der Waals surface area contributed by atoms with Crippen molar-refractivity contribution in [3.8, 4) is 0 Å². The van der Waals surface area contributed by atoms with Crippen molar-refractivity contribution in [1.29, 1.82) is 0 Å². The summed E-state index contributed by atoms with van der Waals surface area (Å²) in [6.45, 7) is 2.12. The van der Waals surface area contributed by atoms with Gasteiger partial charge in [-0.25, -0.2) is 0 Å². The number of thiophene rings is 1. The summed E-state index contributed by atoms with van der Waals surface area (Å²) in [5, 5.41) is 0. The first-order valence-electron chi connectivity index (χ1n) is 7.01. The smallest absolute Gasteiger partial charge is 0.202 e. The van der Waals surface area contributed by atoms with Gasteiger partial charge in [-0.05, 0) is 48.9 Å². The van der Waals surface area contributed by atoms with E-state index in [2.05, 4.69) is 25.1 Å². The van der Waals surface area contributed by atoms with Crippen LogP contribution in [0.1, 0.15) is 57.8 Å². The average molecular weight is 270 g/mol. The van der Waals surface area contributed by atoms with Crippen LogP contribution in [0.15, 0.2) is 36.4 Å². The molecule has 1 aliphatic rings. The van der Waals surface area contributed by atoms with Gasteiger partial charge >= 0.3 is 0 Å². The molecule has 19 heavy (non-hydrogen) atoms. The van der Waals surface area contributed by atoms with Crippen LogP contribution < -0.4 is 0 Å². The summed E-state index contributed by atoms with van der Waals surface area (Å²) in [4.78, 5) is 14.6. The molecule has 1 aromatic heterocycles. The van der Waals surface area contributed by atoms with Crippen molar-refractivity contribution in [2.24, 2.45) is 0 Å². The van der Waals surface area contributed by atoms with E-state index in [1.54, 1.807) is 11.3 Å². The van der Waals surface area contributed by atoms with E-state index in [4.69, 9.17) is 0 Å². The van der Waals surface area contributed by atoms with E-state index in [9.17, 15) is 4.79 Å². The summed E-state index contributed by atoms with van der Waals surface area (Å²) in [5.41, 5.74) is 2.18. The van der Waals surface area contributed by atoms with Gasteiger partial charge in [0.1, 0.15) is 0 Å². The fraction of sp³-hybridized carbons (Fsp3) is 0.353. The third-order valence-corrected chi connectivity index (χ3v) is 5.19.